The molecule has 1 N–H and O–H groups in total. The minimum absolute atomic E-state index is 0.0662. The molecule has 1 aliphatic rings. The maximum absolute atomic E-state index is 12.6. The normalized spacial score (nSPS) is 17.1. The van der Waals surface area contributed by atoms with Crippen molar-refractivity contribution in [2.45, 2.75) is 26.0 Å². The van der Waals surface area contributed by atoms with E-state index in [0.29, 0.717) is 35.6 Å². The molecule has 28 heavy (non-hydrogen) atoms. The van der Waals surface area contributed by atoms with Crippen molar-refractivity contribution >= 4 is 29.1 Å². The van der Waals surface area contributed by atoms with Crippen LogP contribution in [0.4, 0.5) is 0 Å². The molecule has 2 unspecified atom stereocenters. The highest BCUT2D eigenvalue weighted by atomic mass is 35.5. The second-order valence-corrected chi connectivity index (χ2v) is 7.45. The van der Waals surface area contributed by atoms with Crippen LogP contribution in [0.15, 0.2) is 34.7 Å². The van der Waals surface area contributed by atoms with E-state index in [9.17, 15) is 4.79 Å². The molecule has 6 nitrogen and oxygen atoms in total. The third-order valence-electron chi connectivity index (χ3n) is 4.63. The highest BCUT2D eigenvalue weighted by molar-refractivity contribution is 6.42. The van der Waals surface area contributed by atoms with E-state index >= 15 is 0 Å². The minimum atomic E-state index is -0.723. The molecule has 0 saturated carbocycles. The molecule has 2 heterocycles. The van der Waals surface area contributed by atoms with E-state index in [1.807, 2.05) is 19.1 Å². The first kappa shape index (κ1) is 21.0. The number of nitrogens with one attached hydrogen (secondary N) is 1. The van der Waals surface area contributed by atoms with Gasteiger partial charge in [-0.05, 0) is 38.1 Å². The van der Waals surface area contributed by atoms with Gasteiger partial charge in [0.2, 0.25) is 0 Å². The van der Waals surface area contributed by atoms with Crippen molar-refractivity contribution in [1.29, 1.82) is 0 Å². The highest BCUT2D eigenvalue weighted by Gasteiger charge is 2.27. The smallest absolute Gasteiger partial charge is 0.260 e. The first-order valence-electron chi connectivity index (χ1n) is 9.22. The molecule has 8 heteroatoms. The summed E-state index contributed by atoms with van der Waals surface area (Å²) in [6.07, 6.45) is -0.723. The Kier molecular flexibility index (Phi) is 7.24. The molecule has 1 amide bonds. The van der Waals surface area contributed by atoms with E-state index in [-0.39, 0.29) is 11.9 Å². The second-order valence-electron chi connectivity index (χ2n) is 6.67. The molecule has 3 rings (SSSR count). The van der Waals surface area contributed by atoms with Crippen molar-refractivity contribution in [1.82, 2.24) is 10.2 Å². The number of halogens is 2. The summed E-state index contributed by atoms with van der Waals surface area (Å²) in [5.74, 6) is 1.80. The van der Waals surface area contributed by atoms with Gasteiger partial charge in [-0.2, -0.15) is 0 Å². The minimum Gasteiger partial charge on any atom is -0.479 e. The molecule has 2 atom stereocenters. The van der Waals surface area contributed by atoms with Crippen molar-refractivity contribution in [3.05, 3.63) is 51.9 Å². The Labute approximate surface area is 174 Å². The molecule has 0 bridgehead atoms. The number of morpholine rings is 1. The van der Waals surface area contributed by atoms with E-state index in [0.717, 1.165) is 24.6 Å². The van der Waals surface area contributed by atoms with Crippen LogP contribution < -0.4 is 10.1 Å². The molecular weight excluding hydrogens is 403 g/mol. The van der Waals surface area contributed by atoms with Crippen LogP contribution >= 0.6 is 23.2 Å². The molecule has 1 aliphatic heterocycles. The zero-order valence-electron chi connectivity index (χ0n) is 15.9. The largest absolute Gasteiger partial charge is 0.479 e. The van der Waals surface area contributed by atoms with E-state index < -0.39 is 6.10 Å². The summed E-state index contributed by atoms with van der Waals surface area (Å²) >= 11 is 12.1. The molecule has 1 saturated heterocycles. The van der Waals surface area contributed by atoms with Gasteiger partial charge in [-0.1, -0.05) is 29.3 Å². The number of rotatable bonds is 7. The van der Waals surface area contributed by atoms with Crippen LogP contribution in [0, 0.1) is 6.92 Å². The topological polar surface area (TPSA) is 63.9 Å². The van der Waals surface area contributed by atoms with Crippen LogP contribution in [0.3, 0.4) is 0 Å². The number of furan rings is 1. The van der Waals surface area contributed by atoms with E-state index in [1.54, 1.807) is 25.1 Å². The average Bonchev–Trinajstić information content (AvgIpc) is 3.12. The summed E-state index contributed by atoms with van der Waals surface area (Å²) in [7, 11) is 0. The molecule has 1 aromatic carbocycles. The van der Waals surface area contributed by atoms with Crippen molar-refractivity contribution in [3.8, 4) is 5.75 Å². The Hall–Kier alpha value is -1.73. The summed E-state index contributed by atoms with van der Waals surface area (Å²) < 4.78 is 16.9. The molecule has 0 spiro atoms. The number of carbonyl (C=O) groups is 1. The summed E-state index contributed by atoms with van der Waals surface area (Å²) in [5.41, 5.74) is 0. The fourth-order valence-corrected chi connectivity index (χ4v) is 3.43. The van der Waals surface area contributed by atoms with Crippen LogP contribution in [0.2, 0.25) is 10.0 Å². The molecule has 1 fully saturated rings. The Balaban J connectivity index is 1.63. The lowest BCUT2D eigenvalue weighted by Gasteiger charge is -2.33. The maximum Gasteiger partial charge on any atom is 0.260 e. The number of aryl methyl sites for hydroxylation is 1. The molecule has 0 radical (unpaired) electrons. The molecule has 2 aromatic rings. The van der Waals surface area contributed by atoms with E-state index in [2.05, 4.69) is 10.2 Å². The van der Waals surface area contributed by atoms with Crippen LogP contribution in [-0.4, -0.2) is 49.8 Å². The fourth-order valence-electron chi connectivity index (χ4n) is 3.09. The third-order valence-corrected chi connectivity index (χ3v) is 5.44. The molecule has 1 aromatic heterocycles. The van der Waals surface area contributed by atoms with Crippen LogP contribution in [0.5, 0.6) is 5.75 Å². The number of carbonyl (C=O) groups excluding carboxylic acids is 1. The predicted molar refractivity (Wildman–Crippen MR) is 108 cm³/mol. The maximum atomic E-state index is 12.6. The highest BCUT2D eigenvalue weighted by Crippen LogP contribution is 2.32. The van der Waals surface area contributed by atoms with Gasteiger partial charge in [-0.15, -0.1) is 0 Å². The zero-order valence-corrected chi connectivity index (χ0v) is 17.4. The van der Waals surface area contributed by atoms with Crippen molar-refractivity contribution in [2.24, 2.45) is 0 Å². The Bertz CT molecular complexity index is 805. The van der Waals surface area contributed by atoms with Gasteiger partial charge in [0.15, 0.2) is 6.10 Å². The van der Waals surface area contributed by atoms with Crippen molar-refractivity contribution in [3.63, 3.8) is 0 Å². The summed E-state index contributed by atoms with van der Waals surface area (Å²) in [5, 5.41) is 3.63. The average molecular weight is 427 g/mol. The van der Waals surface area contributed by atoms with Gasteiger partial charge >= 0.3 is 0 Å². The SMILES string of the molecule is Cc1ccc(C(CNC(=O)C(C)Oc2cccc(Cl)c2Cl)N2CCOCC2)o1. The lowest BCUT2D eigenvalue weighted by Crippen LogP contribution is -2.45. The monoisotopic (exact) mass is 426 g/mol. The van der Waals surface area contributed by atoms with Gasteiger partial charge in [0.05, 0.1) is 24.3 Å². The van der Waals surface area contributed by atoms with E-state index in [1.165, 1.54) is 0 Å². The number of hydrogen-bond acceptors (Lipinski definition) is 5. The van der Waals surface area contributed by atoms with Crippen LogP contribution in [-0.2, 0) is 9.53 Å². The number of nitrogens with zero attached hydrogens (tertiary/aromatic N) is 1. The lowest BCUT2D eigenvalue weighted by molar-refractivity contribution is -0.127. The van der Waals surface area contributed by atoms with Gasteiger partial charge in [-0.25, -0.2) is 0 Å². The number of benzene rings is 1. The predicted octanol–water partition coefficient (Wildman–Crippen LogP) is 3.85. The standard InChI is InChI=1S/C20H24Cl2N2O4/c1-13-6-7-17(27-13)16(24-8-10-26-11-9-24)12-23-20(25)14(2)28-18-5-3-4-15(21)19(18)22/h3-7,14,16H,8-12H2,1-2H3,(H,23,25). The number of hydrogen-bond donors (Lipinski definition) is 1. The van der Waals surface area contributed by atoms with Gasteiger partial charge in [0.25, 0.3) is 5.91 Å². The summed E-state index contributed by atoms with van der Waals surface area (Å²) in [6, 6.07) is 8.88. The fraction of sp³-hybridized carbons (Fsp3) is 0.450. The van der Waals surface area contributed by atoms with Crippen LogP contribution in [0.25, 0.3) is 0 Å². The summed E-state index contributed by atoms with van der Waals surface area (Å²) in [4.78, 5) is 14.8. The summed E-state index contributed by atoms with van der Waals surface area (Å²) in [6.45, 7) is 6.88. The second kappa shape index (κ2) is 9.65. The number of ether oxygens (including phenoxy) is 2. The number of amides is 1. The van der Waals surface area contributed by atoms with Crippen LogP contribution in [0.1, 0.15) is 24.5 Å². The van der Waals surface area contributed by atoms with Gasteiger partial charge in [0, 0.05) is 19.6 Å². The molecule has 0 aliphatic carbocycles. The first-order chi connectivity index (χ1) is 13.5. The Morgan fingerprint density at radius 2 is 2.00 bits per heavy atom. The van der Waals surface area contributed by atoms with Gasteiger partial charge in [-0.3, -0.25) is 9.69 Å². The first-order valence-corrected chi connectivity index (χ1v) is 9.98. The van der Waals surface area contributed by atoms with Gasteiger partial charge < -0.3 is 19.2 Å². The third kappa shape index (κ3) is 5.20. The van der Waals surface area contributed by atoms with Crippen molar-refractivity contribution < 1.29 is 18.7 Å². The van der Waals surface area contributed by atoms with Crippen molar-refractivity contribution in [2.75, 3.05) is 32.8 Å². The quantitative estimate of drug-likeness (QED) is 0.727. The van der Waals surface area contributed by atoms with E-state index in [4.69, 9.17) is 37.1 Å². The lowest BCUT2D eigenvalue weighted by atomic mass is 10.1. The zero-order chi connectivity index (χ0) is 20.1. The Morgan fingerprint density at radius 3 is 2.68 bits per heavy atom. The van der Waals surface area contributed by atoms with Gasteiger partial charge in [0.1, 0.15) is 22.3 Å². The molecular formula is C20H24Cl2N2O4. The Morgan fingerprint density at radius 1 is 1.25 bits per heavy atom. The molecule has 152 valence electrons.